The van der Waals surface area contributed by atoms with Crippen LogP contribution in [-0.4, -0.2) is 13.2 Å². The smallest absolute Gasteiger partial charge is 0.168 e. The largest absolute Gasteiger partial charge is 0.490 e. The molecule has 1 aromatic rings. The van der Waals surface area contributed by atoms with Gasteiger partial charge in [0.25, 0.3) is 0 Å². The average Bonchev–Trinajstić information content (AvgIpc) is 2.33. The lowest BCUT2D eigenvalue weighted by Crippen LogP contribution is -2.02. The van der Waals surface area contributed by atoms with Crippen LogP contribution in [-0.2, 0) is 0 Å². The zero-order valence-corrected chi connectivity index (χ0v) is 10.2. The van der Waals surface area contributed by atoms with Crippen LogP contribution in [0.4, 0.5) is 0 Å². The molecular weight excluding hydrogens is 200 g/mol. The molecule has 0 aromatic heterocycles. The molecule has 2 heteroatoms. The zero-order valence-electron chi connectivity index (χ0n) is 10.2. The molecule has 0 radical (unpaired) electrons. The normalized spacial score (nSPS) is 9.88. The number of rotatable bonds is 7. The Balaban J connectivity index is 2.90. The van der Waals surface area contributed by atoms with E-state index in [0.29, 0.717) is 13.2 Å². The van der Waals surface area contributed by atoms with E-state index in [-0.39, 0.29) is 0 Å². The number of hydrogen-bond acceptors (Lipinski definition) is 2. The van der Waals surface area contributed by atoms with Crippen LogP contribution in [0.2, 0.25) is 0 Å². The molecule has 0 aliphatic rings. The summed E-state index contributed by atoms with van der Waals surface area (Å²) < 4.78 is 11.4. The second-order valence-corrected chi connectivity index (χ2v) is 3.58. The number of para-hydroxylation sites is 1. The molecule has 88 valence electrons. The molecule has 0 N–H and O–H groups in total. The summed E-state index contributed by atoms with van der Waals surface area (Å²) in [6.07, 6.45) is 3.77. The third kappa shape index (κ3) is 3.30. The Kier molecular flexibility index (Phi) is 5.48. The summed E-state index contributed by atoms with van der Waals surface area (Å²) in [4.78, 5) is 0. The summed E-state index contributed by atoms with van der Waals surface area (Å²) in [7, 11) is 0. The van der Waals surface area contributed by atoms with Gasteiger partial charge in [-0.25, -0.2) is 0 Å². The minimum absolute atomic E-state index is 0.702. The molecule has 0 bridgehead atoms. The molecule has 0 atom stereocenters. The zero-order chi connectivity index (χ0) is 11.8. The van der Waals surface area contributed by atoms with Gasteiger partial charge in [0.15, 0.2) is 11.5 Å². The molecule has 0 aliphatic heterocycles. The van der Waals surface area contributed by atoms with Gasteiger partial charge in [-0.05, 0) is 18.9 Å². The van der Waals surface area contributed by atoms with E-state index >= 15 is 0 Å². The molecule has 1 aromatic carbocycles. The van der Waals surface area contributed by atoms with Crippen molar-refractivity contribution < 1.29 is 9.47 Å². The fourth-order valence-corrected chi connectivity index (χ4v) is 1.38. The summed E-state index contributed by atoms with van der Waals surface area (Å²) in [5.41, 5.74) is 0.988. The maximum absolute atomic E-state index is 5.71. The van der Waals surface area contributed by atoms with Crippen molar-refractivity contribution in [2.24, 2.45) is 0 Å². The maximum Gasteiger partial charge on any atom is 0.168 e. The number of hydrogen-bond donors (Lipinski definition) is 0. The van der Waals surface area contributed by atoms with Crippen LogP contribution in [0, 0.1) is 0 Å². The lowest BCUT2D eigenvalue weighted by Gasteiger charge is -2.14. The highest BCUT2D eigenvalue weighted by Crippen LogP contribution is 2.32. The number of benzene rings is 1. The second kappa shape index (κ2) is 6.94. The van der Waals surface area contributed by atoms with Crippen LogP contribution in [0.1, 0.15) is 32.3 Å². The molecule has 0 heterocycles. The topological polar surface area (TPSA) is 18.5 Å². The Morgan fingerprint density at radius 3 is 2.44 bits per heavy atom. The van der Waals surface area contributed by atoms with Gasteiger partial charge in [-0.1, -0.05) is 38.6 Å². The summed E-state index contributed by atoms with van der Waals surface area (Å²) in [6.45, 7) is 9.37. The van der Waals surface area contributed by atoms with Crippen LogP contribution in [0.5, 0.6) is 11.5 Å². The Hall–Kier alpha value is -1.44. The minimum atomic E-state index is 0.702. The van der Waals surface area contributed by atoms with Crippen molar-refractivity contribution >= 4 is 6.08 Å². The predicted octanol–water partition coefficient (Wildman–Crippen LogP) is 3.91. The van der Waals surface area contributed by atoms with Gasteiger partial charge < -0.3 is 9.47 Å². The van der Waals surface area contributed by atoms with E-state index in [2.05, 4.69) is 20.4 Å². The lowest BCUT2D eigenvalue weighted by molar-refractivity contribution is 0.268. The Bertz CT molecular complexity index is 332. The summed E-state index contributed by atoms with van der Waals surface area (Å²) in [6, 6.07) is 5.88. The third-order valence-corrected chi connectivity index (χ3v) is 2.14. The minimum Gasteiger partial charge on any atom is -0.490 e. The van der Waals surface area contributed by atoms with Crippen molar-refractivity contribution in [1.29, 1.82) is 0 Å². The molecule has 0 spiro atoms. The highest BCUT2D eigenvalue weighted by molar-refractivity contribution is 5.61. The predicted molar refractivity (Wildman–Crippen MR) is 68.1 cm³/mol. The van der Waals surface area contributed by atoms with Gasteiger partial charge >= 0.3 is 0 Å². The van der Waals surface area contributed by atoms with Crippen LogP contribution in [0.25, 0.3) is 6.08 Å². The molecule has 16 heavy (non-hydrogen) atoms. The van der Waals surface area contributed by atoms with E-state index in [1.54, 1.807) is 6.08 Å². The van der Waals surface area contributed by atoms with Gasteiger partial charge in [0.2, 0.25) is 0 Å². The summed E-state index contributed by atoms with van der Waals surface area (Å²) in [5, 5.41) is 0. The van der Waals surface area contributed by atoms with E-state index in [1.165, 1.54) is 0 Å². The fraction of sp³-hybridized carbons (Fsp3) is 0.429. The molecule has 0 saturated heterocycles. The van der Waals surface area contributed by atoms with E-state index in [0.717, 1.165) is 29.9 Å². The van der Waals surface area contributed by atoms with Crippen LogP contribution < -0.4 is 9.47 Å². The molecular formula is C14H20O2. The van der Waals surface area contributed by atoms with Gasteiger partial charge in [0.05, 0.1) is 13.2 Å². The first-order valence-corrected chi connectivity index (χ1v) is 5.84. The third-order valence-electron chi connectivity index (χ3n) is 2.14. The molecule has 0 unspecified atom stereocenters. The summed E-state index contributed by atoms with van der Waals surface area (Å²) in [5.74, 6) is 1.63. The van der Waals surface area contributed by atoms with E-state index in [1.807, 2.05) is 18.2 Å². The SMILES string of the molecule is C=Cc1cccc(OCCC)c1OCCC. The van der Waals surface area contributed by atoms with Gasteiger partial charge in [0, 0.05) is 5.56 Å². The molecule has 2 nitrogen and oxygen atoms in total. The highest BCUT2D eigenvalue weighted by atomic mass is 16.5. The van der Waals surface area contributed by atoms with Crippen molar-refractivity contribution in [3.63, 3.8) is 0 Å². The summed E-state index contributed by atoms with van der Waals surface area (Å²) >= 11 is 0. The first-order valence-electron chi connectivity index (χ1n) is 5.84. The number of ether oxygens (including phenoxy) is 2. The standard InChI is InChI=1S/C14H20O2/c1-4-10-15-13-9-7-8-12(6-3)14(13)16-11-5-2/h6-9H,3-5,10-11H2,1-2H3. The molecule has 0 aliphatic carbocycles. The van der Waals surface area contributed by atoms with Crippen molar-refractivity contribution in [3.8, 4) is 11.5 Å². The molecule has 0 saturated carbocycles. The Morgan fingerprint density at radius 2 is 1.81 bits per heavy atom. The molecule has 1 rings (SSSR count). The highest BCUT2D eigenvalue weighted by Gasteiger charge is 2.08. The van der Waals surface area contributed by atoms with E-state index in [9.17, 15) is 0 Å². The lowest BCUT2D eigenvalue weighted by atomic mass is 10.2. The maximum atomic E-state index is 5.71. The van der Waals surface area contributed by atoms with Gasteiger partial charge in [0.1, 0.15) is 0 Å². The van der Waals surface area contributed by atoms with Crippen LogP contribution >= 0.6 is 0 Å². The first-order chi connectivity index (χ1) is 7.83. The molecule has 0 fully saturated rings. The Morgan fingerprint density at radius 1 is 1.12 bits per heavy atom. The average molecular weight is 220 g/mol. The van der Waals surface area contributed by atoms with Crippen LogP contribution in [0.3, 0.4) is 0 Å². The van der Waals surface area contributed by atoms with Gasteiger partial charge in [-0.15, -0.1) is 0 Å². The van der Waals surface area contributed by atoms with Crippen molar-refractivity contribution in [2.75, 3.05) is 13.2 Å². The van der Waals surface area contributed by atoms with Gasteiger partial charge in [-0.2, -0.15) is 0 Å². The van der Waals surface area contributed by atoms with Gasteiger partial charge in [-0.3, -0.25) is 0 Å². The van der Waals surface area contributed by atoms with Crippen LogP contribution in [0.15, 0.2) is 24.8 Å². The second-order valence-electron chi connectivity index (χ2n) is 3.58. The quantitative estimate of drug-likeness (QED) is 0.693. The van der Waals surface area contributed by atoms with Crippen molar-refractivity contribution in [3.05, 3.63) is 30.3 Å². The molecule has 0 amide bonds. The van der Waals surface area contributed by atoms with E-state index in [4.69, 9.17) is 9.47 Å². The fourth-order valence-electron chi connectivity index (χ4n) is 1.38. The first kappa shape index (κ1) is 12.6. The monoisotopic (exact) mass is 220 g/mol. The van der Waals surface area contributed by atoms with E-state index < -0.39 is 0 Å². The van der Waals surface area contributed by atoms with Crippen molar-refractivity contribution in [1.82, 2.24) is 0 Å². The Labute approximate surface area is 97.9 Å². The van der Waals surface area contributed by atoms with Crippen molar-refractivity contribution in [2.45, 2.75) is 26.7 Å².